The number of aryl methyl sites for hydroxylation is 2. The van der Waals surface area contributed by atoms with Crippen LogP contribution in [0.3, 0.4) is 0 Å². The lowest BCUT2D eigenvalue weighted by Gasteiger charge is -2.31. The summed E-state index contributed by atoms with van der Waals surface area (Å²) < 4.78 is 19.6. The Labute approximate surface area is 234 Å². The number of aromatic nitrogens is 5. The van der Waals surface area contributed by atoms with Gasteiger partial charge in [-0.1, -0.05) is 0 Å². The molecule has 12 heteroatoms. The number of methoxy groups -OCH3 is 1. The number of hydrogen-bond acceptors (Lipinski definition) is 10. The third-order valence-corrected chi connectivity index (χ3v) is 7.12. The maximum Gasteiger partial charge on any atom is 0.221 e. The van der Waals surface area contributed by atoms with E-state index in [-0.39, 0.29) is 31.2 Å². The van der Waals surface area contributed by atoms with E-state index in [0.717, 1.165) is 33.5 Å². The number of fused-ring (bicyclic) bond motifs is 3. The minimum atomic E-state index is -0.236. The molecule has 3 aromatic heterocycles. The van der Waals surface area contributed by atoms with E-state index in [9.17, 15) is 5.11 Å². The van der Waals surface area contributed by atoms with Gasteiger partial charge in [0.1, 0.15) is 17.3 Å². The summed E-state index contributed by atoms with van der Waals surface area (Å²) in [6.45, 7) is 9.25. The van der Waals surface area contributed by atoms with Crippen molar-refractivity contribution in [1.82, 2.24) is 29.9 Å². The van der Waals surface area contributed by atoms with E-state index in [2.05, 4.69) is 27.0 Å². The van der Waals surface area contributed by atoms with Crippen molar-refractivity contribution in [2.24, 2.45) is 17.8 Å². The highest BCUT2D eigenvalue weighted by atomic mass is 16.5. The van der Waals surface area contributed by atoms with Crippen LogP contribution in [0.1, 0.15) is 37.9 Å². The van der Waals surface area contributed by atoms with Crippen LogP contribution in [-0.2, 0) is 23.1 Å². The van der Waals surface area contributed by atoms with E-state index < -0.39 is 0 Å². The average molecular weight is 553 g/mol. The first-order valence-corrected chi connectivity index (χ1v) is 13.4. The Morgan fingerprint density at radius 2 is 2.08 bits per heavy atom. The number of rotatable bonds is 6. The van der Waals surface area contributed by atoms with Gasteiger partial charge >= 0.3 is 0 Å². The predicted octanol–water partition coefficient (Wildman–Crippen LogP) is 2.57. The lowest BCUT2D eigenvalue weighted by molar-refractivity contribution is 0.107. The lowest BCUT2D eigenvalue weighted by atomic mass is 10.1. The number of aromatic amines is 1. The molecule has 216 valence electrons. The molecule has 0 fully saturated rings. The molecule has 3 aromatic rings. The fraction of sp³-hybridized carbons (Fsp3) is 0.500. The molecule has 0 spiro atoms. The Kier molecular flexibility index (Phi) is 9.23. The van der Waals surface area contributed by atoms with Gasteiger partial charge in [0.25, 0.3) is 0 Å². The third-order valence-electron chi connectivity index (χ3n) is 7.12. The van der Waals surface area contributed by atoms with Gasteiger partial charge in [-0.25, -0.2) is 4.68 Å². The Balaban J connectivity index is 2.00. The largest absolute Gasteiger partial charge is 0.479 e. The molecule has 0 unspecified atom stereocenters. The van der Waals surface area contributed by atoms with Crippen molar-refractivity contribution >= 4 is 22.7 Å². The molecule has 12 nitrogen and oxygen atoms in total. The zero-order valence-corrected chi connectivity index (χ0v) is 24.4. The number of likely N-dealkylation sites (N-methyl/N-ethyl adjacent to an activating group) is 1. The zero-order valence-electron chi connectivity index (χ0n) is 24.4. The minimum absolute atomic E-state index is 0.0364. The predicted molar refractivity (Wildman–Crippen MR) is 155 cm³/mol. The lowest BCUT2D eigenvalue weighted by Crippen LogP contribution is -2.43. The molecule has 0 aliphatic carbocycles. The third kappa shape index (κ3) is 5.88. The number of nitrogens with zero attached hydrogens (tertiary/aromatic N) is 6. The molecule has 2 bridgehead atoms. The Bertz CT molecular complexity index is 1440. The monoisotopic (exact) mass is 552 g/mol. The summed E-state index contributed by atoms with van der Waals surface area (Å²) in [4.78, 5) is 11.7. The normalized spacial score (nSPS) is 21.6. The smallest absolute Gasteiger partial charge is 0.221 e. The van der Waals surface area contributed by atoms with Gasteiger partial charge in [-0.15, -0.1) is 0 Å². The highest BCUT2D eigenvalue weighted by molar-refractivity contribution is 6.05. The molecule has 1 aliphatic rings. The number of ether oxygens (including phenoxy) is 3. The van der Waals surface area contributed by atoms with Gasteiger partial charge in [0.15, 0.2) is 5.88 Å². The molecule has 0 aromatic carbocycles. The van der Waals surface area contributed by atoms with Gasteiger partial charge in [0, 0.05) is 32.1 Å². The number of H-pyrrole nitrogens is 1. The fourth-order valence-corrected chi connectivity index (χ4v) is 4.77. The molecule has 4 rings (SSSR count). The van der Waals surface area contributed by atoms with Crippen molar-refractivity contribution in [3.63, 3.8) is 0 Å². The van der Waals surface area contributed by atoms with Crippen LogP contribution >= 0.6 is 0 Å². The number of nitrogens with two attached hydrogens (primary N) is 1. The van der Waals surface area contributed by atoms with E-state index >= 15 is 0 Å². The molecule has 0 saturated heterocycles. The second kappa shape index (κ2) is 12.6. The van der Waals surface area contributed by atoms with Gasteiger partial charge in [-0.2, -0.15) is 10.2 Å². The van der Waals surface area contributed by atoms with Crippen molar-refractivity contribution in [2.45, 2.75) is 46.4 Å². The van der Waals surface area contributed by atoms with Crippen LogP contribution in [0, 0.1) is 6.92 Å². The summed E-state index contributed by atoms with van der Waals surface area (Å²) in [7, 11) is 5.50. The summed E-state index contributed by atoms with van der Waals surface area (Å²) in [6, 6.07) is 1.95. The molecule has 0 amide bonds. The Morgan fingerprint density at radius 3 is 2.77 bits per heavy atom. The van der Waals surface area contributed by atoms with Gasteiger partial charge in [-0.05, 0) is 53.0 Å². The van der Waals surface area contributed by atoms with Gasteiger partial charge in [0.2, 0.25) is 5.88 Å². The van der Waals surface area contributed by atoms with Crippen molar-refractivity contribution in [1.29, 1.82) is 0 Å². The van der Waals surface area contributed by atoms with Gasteiger partial charge in [-0.3, -0.25) is 20.0 Å². The molecular formula is C28H40N8O4. The SMILES string of the molecule is CCO/C(N)=C1\C=C\c2[nH]nc3c(C)nc(cc23)-c2c(COC)nn(C)c2O[C@H](C)[C@@H](C)N(C)CC1=NCCO. The molecule has 1 aliphatic heterocycles. The van der Waals surface area contributed by atoms with E-state index in [1.54, 1.807) is 11.8 Å². The topological polar surface area (TPSA) is 149 Å². The molecule has 2 atom stereocenters. The van der Waals surface area contributed by atoms with E-state index in [1.807, 2.05) is 53.1 Å². The molecule has 4 heterocycles. The molecule has 4 N–H and O–H groups in total. The van der Waals surface area contributed by atoms with Crippen LogP contribution in [0.25, 0.3) is 28.2 Å². The maximum absolute atomic E-state index is 9.56. The highest BCUT2D eigenvalue weighted by Crippen LogP contribution is 2.36. The van der Waals surface area contributed by atoms with Crippen LogP contribution < -0.4 is 10.5 Å². The summed E-state index contributed by atoms with van der Waals surface area (Å²) in [5.74, 6) is 0.868. The first kappa shape index (κ1) is 29.2. The number of allylic oxidation sites excluding steroid dienone is 1. The number of aliphatic hydroxyl groups is 1. The molecule has 0 radical (unpaired) electrons. The van der Waals surface area contributed by atoms with Crippen LogP contribution in [0.15, 0.2) is 28.6 Å². The van der Waals surface area contributed by atoms with Crippen molar-refractivity contribution in [3.8, 4) is 17.1 Å². The van der Waals surface area contributed by atoms with Crippen LogP contribution in [0.4, 0.5) is 0 Å². The second-order valence-electron chi connectivity index (χ2n) is 9.88. The average Bonchev–Trinajstić information content (AvgIpc) is 3.46. The van der Waals surface area contributed by atoms with Crippen molar-refractivity contribution in [3.05, 3.63) is 40.7 Å². The second-order valence-corrected chi connectivity index (χ2v) is 9.88. The van der Waals surface area contributed by atoms with Crippen LogP contribution in [0.2, 0.25) is 0 Å². The first-order chi connectivity index (χ1) is 19.2. The number of hydrogen-bond donors (Lipinski definition) is 3. The van der Waals surface area contributed by atoms with E-state index in [1.165, 1.54) is 0 Å². The fourth-order valence-electron chi connectivity index (χ4n) is 4.77. The Hall–Kier alpha value is -3.74. The standard InChI is InChI=1S/C28H40N8O4/c1-8-39-27(29)19-9-10-21-20-13-22(31-16(2)26(20)33-32-21)25-24(15-38-7)34-36(6)28(25)40-18(4)17(3)35(5)14-23(19)30-11-12-37/h9-10,13,17-18,37H,8,11-12,14-15,29H2,1-7H3,(H,32,33)/b10-9+,27-19+,30-23?/t17-,18-/m1/s1. The van der Waals surface area contributed by atoms with Gasteiger partial charge in [0.05, 0.1) is 60.3 Å². The highest BCUT2D eigenvalue weighted by Gasteiger charge is 2.28. The zero-order chi connectivity index (χ0) is 29.0. The summed E-state index contributed by atoms with van der Waals surface area (Å²) in [5, 5.41) is 22.8. The van der Waals surface area contributed by atoms with Crippen LogP contribution in [-0.4, -0.2) is 93.3 Å². The number of nitrogens with one attached hydrogen (secondary N) is 1. The van der Waals surface area contributed by atoms with E-state index in [4.69, 9.17) is 30.0 Å². The summed E-state index contributed by atoms with van der Waals surface area (Å²) in [5.41, 5.74) is 12.3. The maximum atomic E-state index is 9.56. The molecular weight excluding hydrogens is 512 g/mol. The summed E-state index contributed by atoms with van der Waals surface area (Å²) >= 11 is 0. The molecule has 40 heavy (non-hydrogen) atoms. The number of pyridine rings is 1. The van der Waals surface area contributed by atoms with E-state index in [0.29, 0.717) is 42.6 Å². The Morgan fingerprint density at radius 1 is 1.30 bits per heavy atom. The van der Waals surface area contributed by atoms with Crippen molar-refractivity contribution < 1.29 is 19.3 Å². The minimum Gasteiger partial charge on any atom is -0.479 e. The molecule has 0 saturated carbocycles. The number of aliphatic imine (C=N–C) groups is 1. The number of aliphatic hydroxyl groups excluding tert-OH is 1. The summed E-state index contributed by atoms with van der Waals surface area (Å²) in [6.07, 6.45) is 3.56. The quantitative estimate of drug-likeness (QED) is 0.392. The first-order valence-electron chi connectivity index (χ1n) is 13.4. The van der Waals surface area contributed by atoms with Gasteiger partial charge < -0.3 is 25.1 Å². The van der Waals surface area contributed by atoms with Crippen molar-refractivity contribution in [2.75, 3.05) is 40.5 Å². The van der Waals surface area contributed by atoms with Crippen LogP contribution in [0.5, 0.6) is 5.88 Å².